The first kappa shape index (κ1) is 14.3. The van der Waals surface area contributed by atoms with Gasteiger partial charge in [0.1, 0.15) is 11.6 Å². The van der Waals surface area contributed by atoms with E-state index in [-0.39, 0.29) is 0 Å². The van der Waals surface area contributed by atoms with Gasteiger partial charge in [-0.25, -0.2) is 9.97 Å². The summed E-state index contributed by atoms with van der Waals surface area (Å²) in [4.78, 5) is 8.90. The molecule has 1 heterocycles. The van der Waals surface area contributed by atoms with Crippen LogP contribution < -0.4 is 5.32 Å². The Morgan fingerprint density at radius 3 is 2.27 bits per heavy atom. The van der Waals surface area contributed by atoms with E-state index in [0.29, 0.717) is 0 Å². The van der Waals surface area contributed by atoms with Crippen LogP contribution >= 0.6 is 0 Å². The van der Waals surface area contributed by atoms with Crippen molar-refractivity contribution in [2.75, 3.05) is 5.32 Å². The van der Waals surface area contributed by atoms with Gasteiger partial charge in [-0.1, -0.05) is 48.5 Å². The number of para-hydroxylation sites is 1. The van der Waals surface area contributed by atoms with Crippen LogP contribution in [0.15, 0.2) is 66.9 Å². The van der Waals surface area contributed by atoms with E-state index in [1.807, 2.05) is 49.5 Å². The van der Waals surface area contributed by atoms with Gasteiger partial charge in [0.25, 0.3) is 0 Å². The first-order valence-electron chi connectivity index (χ1n) is 7.50. The summed E-state index contributed by atoms with van der Waals surface area (Å²) in [7, 11) is 0. The van der Waals surface area contributed by atoms with Crippen molar-refractivity contribution in [3.63, 3.8) is 0 Å². The minimum absolute atomic E-state index is 0.780. The zero-order chi connectivity index (χ0) is 15.2. The molecule has 0 amide bonds. The molecule has 1 aromatic heterocycles. The molecule has 0 radical (unpaired) electrons. The smallest absolute Gasteiger partial charge is 0.137 e. The van der Waals surface area contributed by atoms with Crippen molar-refractivity contribution in [2.24, 2.45) is 0 Å². The van der Waals surface area contributed by atoms with E-state index in [0.717, 1.165) is 35.7 Å². The van der Waals surface area contributed by atoms with E-state index in [4.69, 9.17) is 0 Å². The van der Waals surface area contributed by atoms with Gasteiger partial charge in [0.05, 0.1) is 0 Å². The molecule has 0 aliphatic rings. The van der Waals surface area contributed by atoms with E-state index in [1.165, 1.54) is 5.56 Å². The summed E-state index contributed by atoms with van der Waals surface area (Å²) in [5.41, 5.74) is 3.51. The molecule has 3 nitrogen and oxygen atoms in total. The summed E-state index contributed by atoms with van der Waals surface area (Å²) in [6, 6.07) is 20.6. The molecule has 3 rings (SSSR count). The fourth-order valence-corrected chi connectivity index (χ4v) is 2.37. The molecule has 0 aliphatic carbocycles. The second-order valence-corrected chi connectivity index (χ2v) is 5.27. The van der Waals surface area contributed by atoms with Crippen LogP contribution in [0.5, 0.6) is 0 Å². The van der Waals surface area contributed by atoms with E-state index in [1.54, 1.807) is 0 Å². The molecule has 0 aliphatic heterocycles. The first-order valence-corrected chi connectivity index (χ1v) is 7.50. The van der Waals surface area contributed by atoms with Gasteiger partial charge >= 0.3 is 0 Å². The van der Waals surface area contributed by atoms with E-state index in [2.05, 4.69) is 39.6 Å². The summed E-state index contributed by atoms with van der Waals surface area (Å²) in [6.45, 7) is 1.91. The number of nitrogens with zero attached hydrogens (tertiary/aromatic N) is 2. The monoisotopic (exact) mass is 289 g/mol. The number of nitrogens with one attached hydrogen (secondary N) is 1. The topological polar surface area (TPSA) is 37.8 Å². The Morgan fingerprint density at radius 1 is 0.864 bits per heavy atom. The molecule has 0 saturated heterocycles. The number of rotatable bonds is 5. The summed E-state index contributed by atoms with van der Waals surface area (Å²) in [5.74, 6) is 1.68. The van der Waals surface area contributed by atoms with Crippen LogP contribution in [0.3, 0.4) is 0 Å². The van der Waals surface area contributed by atoms with Gasteiger partial charge in [-0.3, -0.25) is 0 Å². The second kappa shape index (κ2) is 6.85. The predicted molar refractivity (Wildman–Crippen MR) is 90.3 cm³/mol. The highest BCUT2D eigenvalue weighted by Crippen LogP contribution is 2.19. The molecule has 0 spiro atoms. The average molecular weight is 289 g/mol. The number of hydrogen-bond acceptors (Lipinski definition) is 3. The molecule has 0 unspecified atom stereocenters. The van der Waals surface area contributed by atoms with Gasteiger partial charge in [0, 0.05) is 17.4 Å². The third-order valence-electron chi connectivity index (χ3n) is 3.55. The van der Waals surface area contributed by atoms with Gasteiger partial charge in [0.15, 0.2) is 0 Å². The molecule has 0 fully saturated rings. The molecular weight excluding hydrogens is 270 g/mol. The van der Waals surface area contributed by atoms with Crippen molar-refractivity contribution < 1.29 is 0 Å². The Kier molecular flexibility index (Phi) is 4.44. The summed E-state index contributed by atoms with van der Waals surface area (Å²) in [5, 5.41) is 3.40. The minimum atomic E-state index is 0.780. The molecule has 2 aromatic carbocycles. The average Bonchev–Trinajstić information content (AvgIpc) is 2.56. The van der Waals surface area contributed by atoms with Crippen molar-refractivity contribution in [1.82, 2.24) is 9.97 Å². The van der Waals surface area contributed by atoms with Gasteiger partial charge < -0.3 is 5.32 Å². The lowest BCUT2D eigenvalue weighted by Gasteiger charge is -2.11. The zero-order valence-corrected chi connectivity index (χ0v) is 12.7. The van der Waals surface area contributed by atoms with Crippen LogP contribution in [0.25, 0.3) is 0 Å². The normalized spacial score (nSPS) is 10.4. The van der Waals surface area contributed by atoms with E-state index < -0.39 is 0 Å². The number of hydrogen-bond donors (Lipinski definition) is 1. The van der Waals surface area contributed by atoms with Gasteiger partial charge in [-0.15, -0.1) is 0 Å². The number of aryl methyl sites for hydroxylation is 3. The van der Waals surface area contributed by atoms with Crippen molar-refractivity contribution in [2.45, 2.75) is 19.8 Å². The highest BCUT2D eigenvalue weighted by Gasteiger charge is 2.06. The molecule has 0 atom stereocenters. The Labute approximate surface area is 131 Å². The number of aromatic nitrogens is 2. The standard InChI is InChI=1S/C19H19N3/c1-15-20-14-17(13-12-16-8-4-2-5-9-16)19(21-15)22-18-10-6-3-7-11-18/h2-11,14H,12-13H2,1H3,(H,20,21,22). The Bertz CT molecular complexity index is 724. The lowest BCUT2D eigenvalue weighted by atomic mass is 10.1. The largest absolute Gasteiger partial charge is 0.340 e. The highest BCUT2D eigenvalue weighted by atomic mass is 15.0. The van der Waals surface area contributed by atoms with Gasteiger partial charge in [-0.2, -0.15) is 0 Å². The quantitative estimate of drug-likeness (QED) is 0.760. The van der Waals surface area contributed by atoms with Gasteiger partial charge in [0.2, 0.25) is 0 Å². The summed E-state index contributed by atoms with van der Waals surface area (Å²) >= 11 is 0. The number of anilines is 2. The Morgan fingerprint density at radius 2 is 1.55 bits per heavy atom. The first-order chi connectivity index (χ1) is 10.8. The molecule has 22 heavy (non-hydrogen) atoms. The lowest BCUT2D eigenvalue weighted by molar-refractivity contribution is 0.921. The maximum Gasteiger partial charge on any atom is 0.137 e. The Hall–Kier alpha value is -2.68. The fourth-order valence-electron chi connectivity index (χ4n) is 2.37. The highest BCUT2D eigenvalue weighted by molar-refractivity contribution is 5.58. The van der Waals surface area contributed by atoms with Crippen LogP contribution in [0.4, 0.5) is 11.5 Å². The van der Waals surface area contributed by atoms with Crippen LogP contribution in [0.1, 0.15) is 17.0 Å². The maximum absolute atomic E-state index is 4.56. The third-order valence-corrected chi connectivity index (χ3v) is 3.55. The van der Waals surface area contributed by atoms with Crippen LogP contribution in [0.2, 0.25) is 0 Å². The minimum Gasteiger partial charge on any atom is -0.340 e. The third kappa shape index (κ3) is 3.70. The van der Waals surface area contributed by atoms with Crippen molar-refractivity contribution in [3.8, 4) is 0 Å². The van der Waals surface area contributed by atoms with Crippen molar-refractivity contribution in [1.29, 1.82) is 0 Å². The lowest BCUT2D eigenvalue weighted by Crippen LogP contribution is -2.03. The van der Waals surface area contributed by atoms with E-state index in [9.17, 15) is 0 Å². The van der Waals surface area contributed by atoms with Crippen molar-refractivity contribution in [3.05, 3.63) is 83.8 Å². The molecule has 3 aromatic rings. The molecule has 3 heteroatoms. The molecular formula is C19H19N3. The van der Waals surface area contributed by atoms with Gasteiger partial charge in [-0.05, 0) is 37.5 Å². The Balaban J connectivity index is 1.78. The summed E-state index contributed by atoms with van der Waals surface area (Å²) < 4.78 is 0. The van der Waals surface area contributed by atoms with E-state index >= 15 is 0 Å². The van der Waals surface area contributed by atoms with Crippen LogP contribution in [-0.2, 0) is 12.8 Å². The number of benzene rings is 2. The van der Waals surface area contributed by atoms with Crippen molar-refractivity contribution >= 4 is 11.5 Å². The molecule has 0 saturated carbocycles. The van der Waals surface area contributed by atoms with Crippen LogP contribution in [-0.4, -0.2) is 9.97 Å². The predicted octanol–water partition coefficient (Wildman–Crippen LogP) is 4.31. The van der Waals surface area contributed by atoms with Crippen LogP contribution in [0, 0.1) is 6.92 Å². The molecule has 1 N–H and O–H groups in total. The SMILES string of the molecule is Cc1ncc(CCc2ccccc2)c(Nc2ccccc2)n1. The zero-order valence-electron chi connectivity index (χ0n) is 12.7. The molecule has 110 valence electrons. The maximum atomic E-state index is 4.56. The second-order valence-electron chi connectivity index (χ2n) is 5.27. The summed E-state index contributed by atoms with van der Waals surface area (Å²) in [6.07, 6.45) is 3.83. The fraction of sp³-hybridized carbons (Fsp3) is 0.158. The molecule has 0 bridgehead atoms.